The summed E-state index contributed by atoms with van der Waals surface area (Å²) in [5, 5.41) is 10.9. The standard InChI is InChI=1S/C8H6BrF3N2O4/c1-17-6-4(2-9)3-13-7(5(6)14(15)16)18-8(10,11)12/h3H,2H2,1H3. The number of pyridine rings is 1. The summed E-state index contributed by atoms with van der Waals surface area (Å²) < 4.78 is 44.4. The van der Waals surface area contributed by atoms with Crippen LogP contribution in [0.4, 0.5) is 18.9 Å². The minimum absolute atomic E-state index is 0.135. The SMILES string of the molecule is COc1c(CBr)cnc(OC(F)(F)F)c1[N+](=O)[O-]. The van der Waals surface area contributed by atoms with Crippen molar-refractivity contribution in [3.63, 3.8) is 0 Å². The zero-order chi connectivity index (χ0) is 13.9. The molecule has 1 rings (SSSR count). The van der Waals surface area contributed by atoms with Crippen LogP contribution in [0.25, 0.3) is 0 Å². The molecule has 0 N–H and O–H groups in total. The van der Waals surface area contributed by atoms with Gasteiger partial charge in [-0.15, -0.1) is 13.2 Å². The number of hydrogen-bond acceptors (Lipinski definition) is 5. The van der Waals surface area contributed by atoms with Crippen LogP contribution in [0.2, 0.25) is 0 Å². The highest BCUT2D eigenvalue weighted by atomic mass is 79.9. The maximum atomic E-state index is 12.1. The lowest BCUT2D eigenvalue weighted by atomic mass is 10.2. The van der Waals surface area contributed by atoms with E-state index in [1.807, 2.05) is 0 Å². The quantitative estimate of drug-likeness (QED) is 0.482. The molecule has 0 radical (unpaired) electrons. The second-order valence-corrected chi connectivity index (χ2v) is 3.47. The van der Waals surface area contributed by atoms with Crippen molar-refractivity contribution in [1.29, 1.82) is 0 Å². The number of nitro groups is 1. The molecule has 1 aromatic heterocycles. The number of alkyl halides is 4. The van der Waals surface area contributed by atoms with Crippen molar-refractivity contribution in [3.8, 4) is 11.6 Å². The van der Waals surface area contributed by atoms with Crippen molar-refractivity contribution in [1.82, 2.24) is 4.98 Å². The number of methoxy groups -OCH3 is 1. The summed E-state index contributed by atoms with van der Waals surface area (Å²) in [6.45, 7) is 0. The molecule has 0 saturated heterocycles. The van der Waals surface area contributed by atoms with Gasteiger partial charge in [-0.2, -0.15) is 0 Å². The van der Waals surface area contributed by atoms with E-state index >= 15 is 0 Å². The molecule has 0 aliphatic heterocycles. The number of ether oxygens (including phenoxy) is 2. The van der Waals surface area contributed by atoms with Gasteiger partial charge in [-0.3, -0.25) is 10.1 Å². The Kier molecular flexibility index (Phi) is 4.33. The molecule has 1 heterocycles. The number of hydrogen-bond donors (Lipinski definition) is 0. The molecule has 0 atom stereocenters. The lowest BCUT2D eigenvalue weighted by Crippen LogP contribution is -2.19. The Labute approximate surface area is 107 Å². The average molecular weight is 331 g/mol. The van der Waals surface area contributed by atoms with Crippen LogP contribution < -0.4 is 9.47 Å². The largest absolute Gasteiger partial charge is 0.574 e. The monoisotopic (exact) mass is 330 g/mol. The van der Waals surface area contributed by atoms with Crippen molar-refractivity contribution in [3.05, 3.63) is 21.9 Å². The zero-order valence-electron chi connectivity index (χ0n) is 8.82. The van der Waals surface area contributed by atoms with Crippen LogP contribution in [0.1, 0.15) is 5.56 Å². The van der Waals surface area contributed by atoms with Crippen LogP contribution in [0.3, 0.4) is 0 Å². The summed E-state index contributed by atoms with van der Waals surface area (Å²) in [4.78, 5) is 13.0. The summed E-state index contributed by atoms with van der Waals surface area (Å²) >= 11 is 3.01. The van der Waals surface area contributed by atoms with Crippen LogP contribution in [-0.4, -0.2) is 23.4 Å². The first-order chi connectivity index (χ1) is 8.30. The predicted molar refractivity (Wildman–Crippen MR) is 56.8 cm³/mol. The zero-order valence-corrected chi connectivity index (χ0v) is 10.4. The van der Waals surface area contributed by atoms with Crippen molar-refractivity contribution in [2.75, 3.05) is 7.11 Å². The third-order valence-corrected chi connectivity index (χ3v) is 2.39. The average Bonchev–Trinajstić information content (AvgIpc) is 2.25. The van der Waals surface area contributed by atoms with Crippen molar-refractivity contribution < 1.29 is 27.6 Å². The van der Waals surface area contributed by atoms with Crippen LogP contribution in [0.15, 0.2) is 6.20 Å². The molecule has 0 amide bonds. The Hall–Kier alpha value is -1.58. The minimum Gasteiger partial charge on any atom is -0.490 e. The van der Waals surface area contributed by atoms with Crippen LogP contribution >= 0.6 is 15.9 Å². The lowest BCUT2D eigenvalue weighted by molar-refractivity contribution is -0.390. The second-order valence-electron chi connectivity index (χ2n) is 2.91. The maximum Gasteiger partial charge on any atom is 0.574 e. The first-order valence-electron chi connectivity index (χ1n) is 4.32. The van der Waals surface area contributed by atoms with Gasteiger partial charge < -0.3 is 9.47 Å². The first kappa shape index (κ1) is 14.5. The topological polar surface area (TPSA) is 74.5 Å². The fraction of sp³-hybridized carbons (Fsp3) is 0.375. The fourth-order valence-corrected chi connectivity index (χ4v) is 1.57. The highest BCUT2D eigenvalue weighted by Gasteiger charge is 2.37. The van der Waals surface area contributed by atoms with E-state index in [-0.39, 0.29) is 16.6 Å². The number of rotatable bonds is 4. The van der Waals surface area contributed by atoms with Gasteiger partial charge >= 0.3 is 17.9 Å². The molecule has 0 aliphatic rings. The number of nitrogens with zero attached hydrogens (tertiary/aromatic N) is 2. The molecule has 0 aromatic carbocycles. The van der Waals surface area contributed by atoms with Gasteiger partial charge in [0, 0.05) is 17.1 Å². The van der Waals surface area contributed by atoms with Crippen molar-refractivity contribution in [2.24, 2.45) is 0 Å². The molecule has 100 valence electrons. The molecule has 1 aromatic rings. The van der Waals surface area contributed by atoms with E-state index in [0.29, 0.717) is 0 Å². The lowest BCUT2D eigenvalue weighted by Gasteiger charge is -2.11. The first-order valence-corrected chi connectivity index (χ1v) is 5.44. The van der Waals surface area contributed by atoms with E-state index in [1.165, 1.54) is 0 Å². The highest BCUT2D eigenvalue weighted by molar-refractivity contribution is 9.08. The highest BCUT2D eigenvalue weighted by Crippen LogP contribution is 2.40. The summed E-state index contributed by atoms with van der Waals surface area (Å²) in [5.74, 6) is -1.49. The molecule has 10 heteroatoms. The van der Waals surface area contributed by atoms with E-state index < -0.39 is 22.9 Å². The van der Waals surface area contributed by atoms with Crippen LogP contribution in [0.5, 0.6) is 11.6 Å². The number of halogens is 4. The normalized spacial score (nSPS) is 11.2. The van der Waals surface area contributed by atoms with Gasteiger partial charge in [-0.05, 0) is 0 Å². The van der Waals surface area contributed by atoms with Gasteiger partial charge in [0.05, 0.1) is 12.0 Å². The van der Waals surface area contributed by atoms with Crippen LogP contribution in [0, 0.1) is 10.1 Å². The third kappa shape index (κ3) is 3.22. The molecule has 0 aliphatic carbocycles. The molecule has 0 unspecified atom stereocenters. The molecular weight excluding hydrogens is 325 g/mol. The van der Waals surface area contributed by atoms with Gasteiger partial charge in [-0.1, -0.05) is 15.9 Å². The van der Waals surface area contributed by atoms with Gasteiger partial charge in [-0.25, -0.2) is 4.98 Å². The van der Waals surface area contributed by atoms with Gasteiger partial charge in [0.2, 0.25) is 5.75 Å². The third-order valence-electron chi connectivity index (χ3n) is 1.79. The Bertz CT molecular complexity index is 466. The molecular formula is C8H6BrF3N2O4. The summed E-state index contributed by atoms with van der Waals surface area (Å²) in [5.41, 5.74) is -0.731. The van der Waals surface area contributed by atoms with E-state index in [4.69, 9.17) is 4.74 Å². The van der Waals surface area contributed by atoms with E-state index in [0.717, 1.165) is 13.3 Å². The fourth-order valence-electron chi connectivity index (χ4n) is 1.17. The molecule has 0 fully saturated rings. The maximum absolute atomic E-state index is 12.1. The summed E-state index contributed by atoms with van der Waals surface area (Å²) in [7, 11) is 1.10. The van der Waals surface area contributed by atoms with Gasteiger partial charge in [0.1, 0.15) is 0 Å². The Morgan fingerprint density at radius 3 is 2.56 bits per heavy atom. The van der Waals surface area contributed by atoms with E-state index in [1.54, 1.807) is 0 Å². The van der Waals surface area contributed by atoms with Crippen molar-refractivity contribution in [2.45, 2.75) is 11.7 Å². The Morgan fingerprint density at radius 2 is 2.17 bits per heavy atom. The van der Waals surface area contributed by atoms with E-state index in [9.17, 15) is 23.3 Å². The molecule has 18 heavy (non-hydrogen) atoms. The van der Waals surface area contributed by atoms with Gasteiger partial charge in [0.15, 0.2) is 0 Å². The Morgan fingerprint density at radius 1 is 1.56 bits per heavy atom. The van der Waals surface area contributed by atoms with Crippen molar-refractivity contribution >= 4 is 21.6 Å². The molecule has 0 saturated carbocycles. The summed E-state index contributed by atoms with van der Waals surface area (Å²) in [6, 6.07) is 0. The predicted octanol–water partition coefficient (Wildman–Crippen LogP) is 2.79. The Balaban J connectivity index is 3.39. The molecule has 0 spiro atoms. The summed E-state index contributed by atoms with van der Waals surface area (Å²) in [6.07, 6.45) is -4.07. The molecule has 0 bridgehead atoms. The second kappa shape index (κ2) is 5.38. The smallest absolute Gasteiger partial charge is 0.490 e. The minimum atomic E-state index is -5.07. The number of aromatic nitrogens is 1. The van der Waals surface area contributed by atoms with Gasteiger partial charge in [0.25, 0.3) is 0 Å². The van der Waals surface area contributed by atoms with Crippen LogP contribution in [-0.2, 0) is 5.33 Å². The molecule has 6 nitrogen and oxygen atoms in total. The van der Waals surface area contributed by atoms with E-state index in [2.05, 4.69) is 25.7 Å².